The summed E-state index contributed by atoms with van der Waals surface area (Å²) in [6.07, 6.45) is 0.109. The largest absolute Gasteiger partial charge is 0.458 e. The number of ketones is 1. The highest BCUT2D eigenvalue weighted by Crippen LogP contribution is 2.51. The monoisotopic (exact) mass is 1050 g/mol. The van der Waals surface area contributed by atoms with Crippen LogP contribution in [0, 0.1) is 35.5 Å². The number of benzene rings is 1. The molecule has 20 atom stereocenters. The lowest BCUT2D eigenvalue weighted by Gasteiger charge is -2.51. The molecule has 0 aromatic heterocycles. The molecule has 20 unspecified atom stereocenters. The number of ether oxygens (including phenoxy) is 8. The van der Waals surface area contributed by atoms with Gasteiger partial charge in [-0.25, -0.2) is 4.79 Å². The standard InChI is InChI=1S/C55H84Cl2N2O13/c1-13-42-55(10)47(58(52(64)72-55)23-22-34-14-19-37(56)38(57)25-34)30(4)44(60)28(2)26-54(9,66-12)49(31(5)46(32(6)50(63)69-42)70-43-27-53(8,65-11)48(62)33(7)68-43)71-51-45(61)41(24-29(3)67-51)59-39(35-15-16-35)20-21-40(59)36-17-18-36/h14,19,25,28-33,35-36,39-43,45-49,51,61-62H,13,15-18,20-24,26-27H2,1-12H3. The van der Waals surface area contributed by atoms with Crippen LogP contribution in [-0.4, -0.2) is 155 Å². The van der Waals surface area contributed by atoms with Crippen LogP contribution in [0.2, 0.25) is 10.0 Å². The summed E-state index contributed by atoms with van der Waals surface area (Å²) in [5.74, 6) is -2.69. The van der Waals surface area contributed by atoms with Crippen molar-refractivity contribution in [2.45, 2.75) is 236 Å². The Morgan fingerprint density at radius 2 is 1.43 bits per heavy atom. The van der Waals surface area contributed by atoms with E-state index in [1.807, 2.05) is 47.6 Å². The first-order valence-corrected chi connectivity index (χ1v) is 27.8. The molecule has 0 spiro atoms. The topological polar surface area (TPSA) is 172 Å². The second kappa shape index (κ2) is 22.1. The van der Waals surface area contributed by atoms with Gasteiger partial charge in [0, 0.05) is 63.1 Å². The van der Waals surface area contributed by atoms with Gasteiger partial charge in [-0.15, -0.1) is 0 Å². The van der Waals surface area contributed by atoms with Crippen LogP contribution in [0.1, 0.15) is 139 Å². The van der Waals surface area contributed by atoms with E-state index in [1.54, 1.807) is 51.8 Å². The van der Waals surface area contributed by atoms with E-state index < -0.39 is 108 Å². The molecule has 2 N–H and O–H groups in total. The molecular weight excluding hydrogens is 968 g/mol. The number of likely N-dealkylation sites (tertiary alicyclic amines) is 1. The van der Waals surface area contributed by atoms with Crippen LogP contribution >= 0.6 is 23.2 Å². The number of amides is 1. The zero-order valence-electron chi connectivity index (χ0n) is 44.7. The Balaban J connectivity index is 1.18. The van der Waals surface area contributed by atoms with Gasteiger partial charge in [-0.2, -0.15) is 0 Å². The summed E-state index contributed by atoms with van der Waals surface area (Å²) in [6.45, 7) is 18.6. The first-order valence-electron chi connectivity index (χ1n) is 27.0. The second-order valence-corrected chi connectivity index (χ2v) is 24.3. The average Bonchev–Trinajstić information content (AvgIpc) is 4.30. The number of fused-ring (bicyclic) bond motifs is 1. The number of aliphatic hydroxyl groups is 2. The van der Waals surface area contributed by atoms with E-state index in [0.717, 1.165) is 18.4 Å². The molecule has 7 fully saturated rings. The van der Waals surface area contributed by atoms with Gasteiger partial charge in [0.05, 0.1) is 57.6 Å². The van der Waals surface area contributed by atoms with Crippen molar-refractivity contribution in [3.8, 4) is 0 Å². The molecule has 1 aromatic carbocycles. The summed E-state index contributed by atoms with van der Waals surface area (Å²) in [4.78, 5) is 48.9. The third-order valence-corrected chi connectivity index (χ3v) is 19.1. The number of Topliss-reactive ketones (excluding diaryl/α,β-unsaturated/α-hetero) is 1. The van der Waals surface area contributed by atoms with Crippen molar-refractivity contribution in [1.82, 2.24) is 9.80 Å². The lowest BCUT2D eigenvalue weighted by molar-refractivity contribution is -0.320. The van der Waals surface area contributed by atoms with Crippen LogP contribution in [-0.2, 0) is 53.9 Å². The average molecular weight is 1050 g/mol. The number of halogens is 2. The smallest absolute Gasteiger partial charge is 0.410 e. The third kappa shape index (κ3) is 11.0. The highest BCUT2D eigenvalue weighted by molar-refractivity contribution is 6.42. The third-order valence-electron chi connectivity index (χ3n) is 18.3. The Labute approximate surface area is 437 Å². The number of hydrogen-bond donors (Lipinski definition) is 2. The van der Waals surface area contributed by atoms with Gasteiger partial charge in [0.1, 0.15) is 24.1 Å². The number of carbonyl (C=O) groups excluding carboxylic acids is 3. The van der Waals surface area contributed by atoms with E-state index >= 15 is 9.59 Å². The summed E-state index contributed by atoms with van der Waals surface area (Å²) in [6, 6.07) is 5.08. The van der Waals surface area contributed by atoms with Gasteiger partial charge >= 0.3 is 12.1 Å². The molecule has 2 aliphatic carbocycles. The van der Waals surface area contributed by atoms with E-state index in [-0.39, 0.29) is 43.7 Å². The predicted molar refractivity (Wildman–Crippen MR) is 270 cm³/mol. The first kappa shape index (κ1) is 56.1. The Bertz CT molecular complexity index is 2080. The van der Waals surface area contributed by atoms with Crippen molar-refractivity contribution in [3.05, 3.63) is 33.8 Å². The second-order valence-electron chi connectivity index (χ2n) is 23.5. The molecule has 1 amide bonds. The zero-order valence-corrected chi connectivity index (χ0v) is 46.2. The number of hydrogen-bond acceptors (Lipinski definition) is 14. The van der Waals surface area contributed by atoms with Crippen molar-refractivity contribution in [1.29, 1.82) is 0 Å². The van der Waals surface area contributed by atoms with E-state index in [4.69, 9.17) is 61.1 Å². The maximum Gasteiger partial charge on any atom is 0.410 e. The van der Waals surface area contributed by atoms with Crippen LogP contribution in [0.25, 0.3) is 0 Å². The fraction of sp³-hybridized carbons (Fsp3) is 0.836. The fourth-order valence-corrected chi connectivity index (χ4v) is 14.2. The van der Waals surface area contributed by atoms with Gasteiger partial charge in [0.15, 0.2) is 18.2 Å². The zero-order chi connectivity index (χ0) is 52.4. The normalized spacial score (nSPS) is 44.9. The molecule has 17 heteroatoms. The lowest BCUT2D eigenvalue weighted by Crippen LogP contribution is -2.63. The van der Waals surface area contributed by atoms with Gasteiger partial charge in [0.25, 0.3) is 0 Å². The number of esters is 1. The minimum atomic E-state index is -1.46. The van der Waals surface area contributed by atoms with Gasteiger partial charge in [-0.05, 0) is 135 Å². The summed E-state index contributed by atoms with van der Waals surface area (Å²) in [7, 11) is 3.12. The molecule has 0 bridgehead atoms. The Kier molecular flexibility index (Phi) is 17.2. The highest BCUT2D eigenvalue weighted by Gasteiger charge is 2.61. The van der Waals surface area contributed by atoms with E-state index in [9.17, 15) is 15.0 Å². The lowest BCUT2D eigenvalue weighted by atomic mass is 9.73. The van der Waals surface area contributed by atoms with Crippen LogP contribution in [0.5, 0.6) is 0 Å². The van der Waals surface area contributed by atoms with Gasteiger partial charge < -0.3 is 48.1 Å². The molecule has 5 saturated heterocycles. The molecule has 5 aliphatic heterocycles. The highest BCUT2D eigenvalue weighted by atomic mass is 35.5. The molecule has 72 heavy (non-hydrogen) atoms. The molecule has 1 aromatic rings. The van der Waals surface area contributed by atoms with Crippen molar-refractivity contribution in [3.63, 3.8) is 0 Å². The maximum absolute atomic E-state index is 15.3. The van der Waals surface area contributed by atoms with Crippen LogP contribution in [0.4, 0.5) is 4.79 Å². The number of nitrogens with zero attached hydrogens (tertiary/aromatic N) is 2. The molecule has 8 rings (SSSR count). The van der Waals surface area contributed by atoms with E-state index in [1.165, 1.54) is 32.8 Å². The number of aliphatic hydroxyl groups excluding tert-OH is 2. The van der Waals surface area contributed by atoms with Gasteiger partial charge in [0.2, 0.25) is 0 Å². The minimum absolute atomic E-state index is 0.131. The fourth-order valence-electron chi connectivity index (χ4n) is 13.9. The molecule has 15 nitrogen and oxygen atoms in total. The predicted octanol–water partition coefficient (Wildman–Crippen LogP) is 8.55. The van der Waals surface area contributed by atoms with Gasteiger partial charge in [-0.3, -0.25) is 19.4 Å². The number of methoxy groups -OCH3 is 2. The van der Waals surface area contributed by atoms with Crippen LogP contribution in [0.3, 0.4) is 0 Å². The van der Waals surface area contributed by atoms with E-state index in [2.05, 4.69) is 4.90 Å². The molecule has 0 radical (unpaired) electrons. The number of carbonyl (C=O) groups is 3. The SMILES string of the molecule is CCC1OC(=O)C(C)C(OC2CC(C)(OC)C(O)C(C)O2)C(C)C(OC2OC(C)CC(N3C(C4CC4)CCC3C3CC3)C2O)C(C)(OC)CC(C)C(=O)C(C)C2N(CCc3ccc(Cl)c(Cl)c3)C(=O)OC12C. The van der Waals surface area contributed by atoms with E-state index in [0.29, 0.717) is 46.8 Å². The van der Waals surface area contributed by atoms with Crippen LogP contribution < -0.4 is 0 Å². The maximum atomic E-state index is 15.3. The molecule has 5 heterocycles. The minimum Gasteiger partial charge on any atom is -0.458 e. The summed E-state index contributed by atoms with van der Waals surface area (Å²) < 4.78 is 52.7. The molecule has 2 saturated carbocycles. The van der Waals surface area contributed by atoms with Crippen LogP contribution in [0.15, 0.2) is 18.2 Å². The van der Waals surface area contributed by atoms with Gasteiger partial charge in [-0.1, -0.05) is 57.0 Å². The molecular formula is C55H84Cl2N2O13. The molecule has 7 aliphatic rings. The Morgan fingerprint density at radius 3 is 2.01 bits per heavy atom. The Hall–Kier alpha value is -2.15. The summed E-state index contributed by atoms with van der Waals surface area (Å²) in [5, 5.41) is 24.7. The molecule has 406 valence electrons. The van der Waals surface area contributed by atoms with Crippen molar-refractivity contribution in [2.24, 2.45) is 35.5 Å². The first-order chi connectivity index (χ1) is 34.0. The summed E-state index contributed by atoms with van der Waals surface area (Å²) >= 11 is 12.7. The number of rotatable bonds is 13. The van der Waals surface area contributed by atoms with Crippen molar-refractivity contribution < 1.29 is 62.5 Å². The van der Waals surface area contributed by atoms with Crippen molar-refractivity contribution in [2.75, 3.05) is 20.8 Å². The Morgan fingerprint density at radius 1 is 0.792 bits per heavy atom. The quantitative estimate of drug-likeness (QED) is 0.180. The number of cyclic esters (lactones) is 1. The van der Waals surface area contributed by atoms with Crippen molar-refractivity contribution >= 4 is 41.0 Å². The summed E-state index contributed by atoms with van der Waals surface area (Å²) in [5.41, 5.74) is -2.94.